The lowest BCUT2D eigenvalue weighted by atomic mass is 9.86. The second-order valence-corrected chi connectivity index (χ2v) is 7.58. The third-order valence-corrected chi connectivity index (χ3v) is 6.10. The molecule has 28 heavy (non-hydrogen) atoms. The summed E-state index contributed by atoms with van der Waals surface area (Å²) in [6.45, 7) is -3.99. The standard InChI is InChI=1S/C22H17BF2N2O/c1-28-18-8-9-19-16(11-18)13-26-21(19)12-17-10-15-7-6-14-4-2-3-5-20(14)22(15)27(17)23(26,24)25/h2-5,8-13H,6-7H2,1H3. The van der Waals surface area contributed by atoms with Crippen molar-refractivity contribution in [2.45, 2.75) is 12.8 Å². The number of ether oxygens (including phenoxy) is 1. The molecule has 1 aromatic heterocycles. The molecule has 3 nitrogen and oxygen atoms in total. The van der Waals surface area contributed by atoms with E-state index in [2.05, 4.69) is 0 Å². The Labute approximate surface area is 161 Å². The van der Waals surface area contributed by atoms with E-state index in [0.717, 1.165) is 45.1 Å². The van der Waals surface area contributed by atoms with Crippen LogP contribution in [0.5, 0.6) is 5.75 Å². The zero-order valence-corrected chi connectivity index (χ0v) is 15.3. The molecule has 0 radical (unpaired) electrons. The molecule has 0 amide bonds. The van der Waals surface area contributed by atoms with Gasteiger partial charge in [-0.3, -0.25) is 0 Å². The Balaban J connectivity index is 1.62. The van der Waals surface area contributed by atoms with Gasteiger partial charge in [0.1, 0.15) is 12.0 Å². The molecule has 0 atom stereocenters. The average molecular weight is 374 g/mol. The second-order valence-electron chi connectivity index (χ2n) is 7.58. The summed E-state index contributed by atoms with van der Waals surface area (Å²) in [6.07, 6.45) is 5.11. The molecular formula is C22H17BF2N2O. The Bertz CT molecular complexity index is 1240. The highest BCUT2D eigenvalue weighted by Gasteiger charge is 2.53. The van der Waals surface area contributed by atoms with E-state index in [0.29, 0.717) is 22.8 Å². The van der Waals surface area contributed by atoms with Crippen molar-refractivity contribution in [2.24, 2.45) is 0 Å². The van der Waals surface area contributed by atoms with Gasteiger partial charge in [0.05, 0.1) is 18.2 Å². The molecule has 138 valence electrons. The number of halogens is 2. The van der Waals surface area contributed by atoms with Crippen molar-refractivity contribution >= 4 is 25.0 Å². The fourth-order valence-electron chi connectivity index (χ4n) is 4.82. The third-order valence-electron chi connectivity index (χ3n) is 6.10. The summed E-state index contributed by atoms with van der Waals surface area (Å²) < 4.78 is 39.4. The van der Waals surface area contributed by atoms with Crippen LogP contribution in [0.3, 0.4) is 0 Å². The largest absolute Gasteiger partial charge is 0.737 e. The molecule has 1 aliphatic carbocycles. The zero-order chi connectivity index (χ0) is 19.0. The van der Waals surface area contributed by atoms with Crippen molar-refractivity contribution in [2.75, 3.05) is 7.11 Å². The van der Waals surface area contributed by atoms with Crippen molar-refractivity contribution in [3.63, 3.8) is 0 Å². The fraction of sp³-hybridized carbons (Fsp3) is 0.136. The van der Waals surface area contributed by atoms with E-state index in [-0.39, 0.29) is 0 Å². The van der Waals surface area contributed by atoms with E-state index in [9.17, 15) is 0 Å². The van der Waals surface area contributed by atoms with Gasteiger partial charge in [-0.2, -0.15) is 0 Å². The first kappa shape index (κ1) is 15.9. The average Bonchev–Trinajstić information content (AvgIpc) is 3.27. The van der Waals surface area contributed by atoms with Gasteiger partial charge in [0.25, 0.3) is 0 Å². The van der Waals surface area contributed by atoms with E-state index in [1.807, 2.05) is 48.5 Å². The molecule has 0 N–H and O–H groups in total. The second kappa shape index (κ2) is 5.22. The van der Waals surface area contributed by atoms with Crippen LogP contribution in [0, 0.1) is 0 Å². The van der Waals surface area contributed by atoms with Crippen LogP contribution >= 0.6 is 0 Å². The number of rotatable bonds is 1. The number of hydrogen-bond acceptors (Lipinski definition) is 1. The summed E-state index contributed by atoms with van der Waals surface area (Å²) in [5.74, 6) is 0.664. The maximum Gasteiger partial charge on any atom is 0.737 e. The summed E-state index contributed by atoms with van der Waals surface area (Å²) >= 11 is 0. The van der Waals surface area contributed by atoms with Gasteiger partial charge in [0.2, 0.25) is 0 Å². The normalized spacial score (nSPS) is 17.5. The van der Waals surface area contributed by atoms with Crippen molar-refractivity contribution in [3.8, 4) is 17.0 Å². The van der Waals surface area contributed by atoms with Gasteiger partial charge in [-0.05, 0) is 53.8 Å². The minimum absolute atomic E-state index is 0.554. The summed E-state index contributed by atoms with van der Waals surface area (Å²) in [7, 11) is 1.58. The first-order chi connectivity index (χ1) is 13.6. The third kappa shape index (κ3) is 1.90. The summed E-state index contributed by atoms with van der Waals surface area (Å²) in [4.78, 5) is 0. The Morgan fingerprint density at radius 3 is 2.68 bits per heavy atom. The summed E-state index contributed by atoms with van der Waals surface area (Å²) in [6, 6.07) is 15.3. The molecular weight excluding hydrogens is 357 g/mol. The first-order valence-electron chi connectivity index (χ1n) is 9.46. The summed E-state index contributed by atoms with van der Waals surface area (Å²) in [5, 5.41) is 0. The number of aryl methyl sites for hydroxylation is 2. The Hall–Kier alpha value is -3.15. The monoisotopic (exact) mass is 374 g/mol. The van der Waals surface area contributed by atoms with Crippen LogP contribution in [-0.2, 0) is 12.8 Å². The Morgan fingerprint density at radius 1 is 1.00 bits per heavy atom. The molecule has 6 rings (SSSR count). The van der Waals surface area contributed by atoms with Crippen molar-refractivity contribution in [3.05, 3.63) is 76.5 Å². The van der Waals surface area contributed by atoms with Crippen LogP contribution < -0.4 is 4.74 Å². The smallest absolute Gasteiger partial charge is 0.497 e. The topological polar surface area (TPSA) is 17.2 Å². The molecule has 2 aromatic carbocycles. The van der Waals surface area contributed by atoms with E-state index in [1.54, 1.807) is 19.4 Å². The van der Waals surface area contributed by atoms with Gasteiger partial charge in [-0.1, -0.05) is 24.3 Å². The number of aromatic nitrogens is 1. The van der Waals surface area contributed by atoms with Crippen LogP contribution in [0.4, 0.5) is 8.63 Å². The highest BCUT2D eigenvalue weighted by atomic mass is 19.2. The number of nitrogens with zero attached hydrogens (tertiary/aromatic N) is 2. The molecule has 0 unspecified atom stereocenters. The summed E-state index contributed by atoms with van der Waals surface area (Å²) in [5.41, 5.74) is 6.43. The molecule has 0 saturated heterocycles. The molecule has 0 bridgehead atoms. The molecule has 0 spiro atoms. The van der Waals surface area contributed by atoms with Crippen LogP contribution in [-0.4, -0.2) is 29.3 Å². The highest BCUT2D eigenvalue weighted by Crippen LogP contribution is 2.44. The highest BCUT2D eigenvalue weighted by molar-refractivity contribution is 6.59. The zero-order valence-electron chi connectivity index (χ0n) is 15.3. The molecule has 3 aromatic rings. The minimum atomic E-state index is -3.99. The molecule has 0 fully saturated rings. The predicted octanol–water partition coefficient (Wildman–Crippen LogP) is 4.44. The van der Waals surface area contributed by atoms with Gasteiger partial charge < -0.3 is 22.3 Å². The molecule has 2 aliphatic heterocycles. The SMILES string of the molecule is COc1ccc2c(c1)C=[N+]1C2=Cc2cc3c(n2[B-]1(F)F)-c1ccccc1CC3. The quantitative estimate of drug-likeness (QED) is 0.576. The fourth-order valence-corrected chi connectivity index (χ4v) is 4.82. The first-order valence-corrected chi connectivity index (χ1v) is 9.46. The Morgan fingerprint density at radius 2 is 1.82 bits per heavy atom. The van der Waals surface area contributed by atoms with Gasteiger partial charge >= 0.3 is 6.97 Å². The lowest BCUT2D eigenvalue weighted by Gasteiger charge is -2.31. The maximum atomic E-state index is 15.9. The Kier molecular flexibility index (Phi) is 2.96. The van der Waals surface area contributed by atoms with Crippen LogP contribution in [0.2, 0.25) is 0 Å². The maximum absolute atomic E-state index is 15.9. The van der Waals surface area contributed by atoms with Crippen LogP contribution in [0.25, 0.3) is 23.0 Å². The van der Waals surface area contributed by atoms with Crippen LogP contribution in [0.1, 0.15) is 27.9 Å². The van der Waals surface area contributed by atoms with Crippen molar-refractivity contribution in [1.29, 1.82) is 0 Å². The van der Waals surface area contributed by atoms with Gasteiger partial charge in [-0.15, -0.1) is 0 Å². The molecule has 3 aliphatic rings. The molecule has 6 heteroatoms. The lowest BCUT2D eigenvalue weighted by Crippen LogP contribution is -2.48. The molecule has 3 heterocycles. The van der Waals surface area contributed by atoms with Crippen LogP contribution in [0.15, 0.2) is 48.5 Å². The number of hydrogen-bond donors (Lipinski definition) is 0. The van der Waals surface area contributed by atoms with E-state index in [1.165, 1.54) is 4.48 Å². The van der Waals surface area contributed by atoms with E-state index >= 15 is 8.63 Å². The van der Waals surface area contributed by atoms with E-state index in [4.69, 9.17) is 4.74 Å². The number of methoxy groups -OCH3 is 1. The number of fused-ring (bicyclic) bond motifs is 8. The van der Waals surface area contributed by atoms with E-state index < -0.39 is 6.97 Å². The lowest BCUT2D eigenvalue weighted by molar-refractivity contribution is -0.312. The minimum Gasteiger partial charge on any atom is -0.497 e. The van der Waals surface area contributed by atoms with Gasteiger partial charge in [-0.25, -0.2) is 0 Å². The van der Waals surface area contributed by atoms with Crippen molar-refractivity contribution < 1.29 is 17.9 Å². The van der Waals surface area contributed by atoms with Gasteiger partial charge in [0.15, 0.2) is 5.70 Å². The predicted molar refractivity (Wildman–Crippen MR) is 107 cm³/mol. The number of benzene rings is 2. The molecule has 0 saturated carbocycles. The van der Waals surface area contributed by atoms with Gasteiger partial charge in [0, 0.05) is 17.5 Å². The van der Waals surface area contributed by atoms with Crippen molar-refractivity contribution in [1.82, 2.24) is 4.48 Å².